The lowest BCUT2D eigenvalue weighted by molar-refractivity contribution is 0.601. The van der Waals surface area contributed by atoms with Gasteiger partial charge < -0.3 is 0 Å². The molecule has 0 fully saturated rings. The summed E-state index contributed by atoms with van der Waals surface area (Å²) in [5.41, 5.74) is 0.584. The van der Waals surface area contributed by atoms with Gasteiger partial charge in [0.2, 0.25) is 0 Å². The molecule has 0 heterocycles. The highest BCUT2D eigenvalue weighted by molar-refractivity contribution is 9.10. The second kappa shape index (κ2) is 5.83. The van der Waals surface area contributed by atoms with Gasteiger partial charge in [0.1, 0.15) is 11.0 Å². The van der Waals surface area contributed by atoms with Gasteiger partial charge in [-0.3, -0.25) is 4.72 Å². The zero-order valence-corrected chi connectivity index (χ0v) is 13.1. The molecule has 2 aromatic rings. The molecule has 0 spiro atoms. The van der Waals surface area contributed by atoms with E-state index in [-0.39, 0.29) is 15.5 Å². The first-order valence-electron chi connectivity index (χ1n) is 5.41. The molecule has 0 aliphatic carbocycles. The van der Waals surface area contributed by atoms with Crippen molar-refractivity contribution < 1.29 is 8.42 Å². The number of hydrogen-bond acceptors (Lipinski definition) is 3. The second-order valence-corrected chi connectivity index (χ2v) is 6.75. The number of sulfonamides is 1. The molecule has 7 heteroatoms. The number of anilines is 1. The molecule has 0 radical (unpaired) electrons. The SMILES string of the molecule is N#Cc1ccc(NS(=O)(=O)c2ccccc2Br)cc1Cl. The van der Waals surface area contributed by atoms with E-state index in [1.807, 2.05) is 6.07 Å². The molecule has 1 N–H and O–H groups in total. The zero-order chi connectivity index (χ0) is 14.8. The highest BCUT2D eigenvalue weighted by atomic mass is 79.9. The molecule has 4 nitrogen and oxygen atoms in total. The largest absolute Gasteiger partial charge is 0.280 e. The van der Waals surface area contributed by atoms with Crippen LogP contribution in [0, 0.1) is 11.3 Å². The van der Waals surface area contributed by atoms with Gasteiger partial charge in [-0.15, -0.1) is 0 Å². The Morgan fingerprint density at radius 2 is 1.90 bits per heavy atom. The summed E-state index contributed by atoms with van der Waals surface area (Å²) in [7, 11) is -3.72. The summed E-state index contributed by atoms with van der Waals surface area (Å²) in [6.45, 7) is 0. The Hall–Kier alpha value is -1.55. The van der Waals surface area contributed by atoms with Crippen LogP contribution >= 0.6 is 27.5 Å². The van der Waals surface area contributed by atoms with E-state index in [2.05, 4.69) is 20.7 Å². The van der Waals surface area contributed by atoms with Gasteiger partial charge in [-0.2, -0.15) is 5.26 Å². The Balaban J connectivity index is 2.37. The van der Waals surface area contributed by atoms with E-state index in [9.17, 15) is 8.42 Å². The van der Waals surface area contributed by atoms with Crippen molar-refractivity contribution >= 4 is 43.2 Å². The summed E-state index contributed by atoms with van der Waals surface area (Å²) in [6, 6.07) is 12.7. The molecule has 0 saturated heterocycles. The summed E-state index contributed by atoms with van der Waals surface area (Å²) < 4.78 is 27.4. The van der Waals surface area contributed by atoms with Gasteiger partial charge in [-0.25, -0.2) is 8.42 Å². The predicted octanol–water partition coefficient (Wildman–Crippen LogP) is 3.77. The van der Waals surface area contributed by atoms with E-state index in [0.29, 0.717) is 10.2 Å². The van der Waals surface area contributed by atoms with Crippen LogP contribution in [-0.2, 0) is 10.0 Å². The van der Waals surface area contributed by atoms with Crippen molar-refractivity contribution in [3.63, 3.8) is 0 Å². The third-order valence-electron chi connectivity index (χ3n) is 2.47. The quantitative estimate of drug-likeness (QED) is 0.892. The van der Waals surface area contributed by atoms with Crippen LogP contribution in [0.15, 0.2) is 51.8 Å². The molecule has 0 aromatic heterocycles. The first-order chi connectivity index (χ1) is 9.44. The first-order valence-corrected chi connectivity index (χ1v) is 8.06. The summed E-state index contributed by atoms with van der Waals surface area (Å²) >= 11 is 9.06. The fourth-order valence-corrected chi connectivity index (χ4v) is 3.82. The summed E-state index contributed by atoms with van der Waals surface area (Å²) in [4.78, 5) is 0.125. The standard InChI is InChI=1S/C13H8BrClN2O2S/c14-11-3-1-2-4-13(11)20(18,19)17-10-6-5-9(8-16)12(15)7-10/h1-7,17H. The molecule has 20 heavy (non-hydrogen) atoms. The highest BCUT2D eigenvalue weighted by Crippen LogP contribution is 2.26. The molecule has 0 saturated carbocycles. The fraction of sp³-hybridized carbons (Fsp3) is 0. The molecular weight excluding hydrogens is 364 g/mol. The minimum absolute atomic E-state index is 0.125. The van der Waals surface area contributed by atoms with E-state index >= 15 is 0 Å². The lowest BCUT2D eigenvalue weighted by Gasteiger charge is -2.10. The smallest absolute Gasteiger partial charge is 0.263 e. The van der Waals surface area contributed by atoms with E-state index in [1.165, 1.54) is 24.3 Å². The van der Waals surface area contributed by atoms with E-state index in [0.717, 1.165) is 0 Å². The molecule has 2 aromatic carbocycles. The van der Waals surface area contributed by atoms with Crippen molar-refractivity contribution in [3.8, 4) is 6.07 Å². The fourth-order valence-electron chi connectivity index (χ4n) is 1.54. The van der Waals surface area contributed by atoms with Crippen LogP contribution in [0.2, 0.25) is 5.02 Å². The van der Waals surface area contributed by atoms with Gasteiger partial charge in [-0.1, -0.05) is 23.7 Å². The van der Waals surface area contributed by atoms with Crippen LogP contribution in [0.5, 0.6) is 0 Å². The van der Waals surface area contributed by atoms with Crippen molar-refractivity contribution in [2.45, 2.75) is 4.90 Å². The Morgan fingerprint density at radius 3 is 2.50 bits per heavy atom. The minimum atomic E-state index is -3.72. The van der Waals surface area contributed by atoms with Crippen molar-refractivity contribution in [2.75, 3.05) is 4.72 Å². The Morgan fingerprint density at radius 1 is 1.20 bits per heavy atom. The number of halogens is 2. The summed E-state index contributed by atoms with van der Waals surface area (Å²) in [5.74, 6) is 0. The lowest BCUT2D eigenvalue weighted by atomic mass is 10.2. The van der Waals surface area contributed by atoms with Gasteiger partial charge in [0, 0.05) is 4.47 Å². The maximum Gasteiger partial charge on any atom is 0.263 e. The number of nitrogens with one attached hydrogen (secondary N) is 1. The average Bonchev–Trinajstić information content (AvgIpc) is 2.38. The van der Waals surface area contributed by atoms with E-state index in [1.54, 1.807) is 18.2 Å². The van der Waals surface area contributed by atoms with Gasteiger partial charge in [0.05, 0.1) is 16.3 Å². The van der Waals surface area contributed by atoms with Gasteiger partial charge in [0.25, 0.3) is 10.0 Å². The van der Waals surface area contributed by atoms with Crippen LogP contribution in [0.4, 0.5) is 5.69 Å². The number of benzene rings is 2. The van der Waals surface area contributed by atoms with Crippen LogP contribution in [0.1, 0.15) is 5.56 Å². The predicted molar refractivity (Wildman–Crippen MR) is 81.1 cm³/mol. The van der Waals surface area contributed by atoms with Crippen molar-refractivity contribution in [3.05, 3.63) is 57.5 Å². The maximum atomic E-state index is 12.2. The second-order valence-electron chi connectivity index (χ2n) is 3.84. The van der Waals surface area contributed by atoms with Crippen molar-refractivity contribution in [2.24, 2.45) is 0 Å². The maximum absolute atomic E-state index is 12.2. The van der Waals surface area contributed by atoms with Gasteiger partial charge >= 0.3 is 0 Å². The van der Waals surface area contributed by atoms with Gasteiger partial charge in [0.15, 0.2) is 0 Å². The van der Waals surface area contributed by atoms with Gasteiger partial charge in [-0.05, 0) is 46.3 Å². The molecule has 0 amide bonds. The number of nitrogens with zero attached hydrogens (tertiary/aromatic N) is 1. The lowest BCUT2D eigenvalue weighted by Crippen LogP contribution is -2.13. The molecule has 0 aliphatic heterocycles. The topological polar surface area (TPSA) is 70.0 Å². The Labute approximate surface area is 130 Å². The molecular formula is C13H8BrClN2O2S. The number of nitriles is 1. The molecule has 0 aliphatic rings. The summed E-state index contributed by atoms with van der Waals surface area (Å²) in [6.07, 6.45) is 0. The van der Waals surface area contributed by atoms with Crippen LogP contribution in [0.25, 0.3) is 0 Å². The molecule has 0 bridgehead atoms. The number of rotatable bonds is 3. The van der Waals surface area contributed by atoms with Crippen LogP contribution < -0.4 is 4.72 Å². The average molecular weight is 372 g/mol. The monoisotopic (exact) mass is 370 g/mol. The molecule has 0 atom stereocenters. The normalized spacial score (nSPS) is 10.8. The Kier molecular flexibility index (Phi) is 4.33. The minimum Gasteiger partial charge on any atom is -0.280 e. The highest BCUT2D eigenvalue weighted by Gasteiger charge is 2.17. The number of hydrogen-bond donors (Lipinski definition) is 1. The van der Waals surface area contributed by atoms with Crippen LogP contribution in [-0.4, -0.2) is 8.42 Å². The first kappa shape index (κ1) is 14.9. The third kappa shape index (κ3) is 3.12. The van der Waals surface area contributed by atoms with Crippen LogP contribution in [0.3, 0.4) is 0 Å². The zero-order valence-electron chi connectivity index (χ0n) is 9.97. The molecule has 0 unspecified atom stereocenters. The van der Waals surface area contributed by atoms with E-state index in [4.69, 9.17) is 16.9 Å². The van der Waals surface area contributed by atoms with E-state index < -0.39 is 10.0 Å². The van der Waals surface area contributed by atoms with Crippen molar-refractivity contribution in [1.82, 2.24) is 0 Å². The van der Waals surface area contributed by atoms with Crippen molar-refractivity contribution in [1.29, 1.82) is 5.26 Å². The summed E-state index contributed by atoms with van der Waals surface area (Å²) in [5, 5.41) is 8.97. The Bertz CT molecular complexity index is 800. The molecule has 102 valence electrons. The molecule has 2 rings (SSSR count). The third-order valence-corrected chi connectivity index (χ3v) is 5.17.